The molecule has 0 aromatic heterocycles. The van der Waals surface area contributed by atoms with Gasteiger partial charge in [-0.15, -0.1) is 0 Å². The summed E-state index contributed by atoms with van der Waals surface area (Å²) in [5, 5.41) is 1.23. The third kappa shape index (κ3) is 3.87. The van der Waals surface area contributed by atoms with Crippen molar-refractivity contribution in [1.29, 1.82) is 0 Å². The maximum atomic E-state index is 13.1. The molecule has 1 heterocycles. The van der Waals surface area contributed by atoms with E-state index in [9.17, 15) is 23.1 Å². The van der Waals surface area contributed by atoms with Crippen LogP contribution < -0.4 is 10.2 Å². The number of carbonyl (C=O) groups excluding carboxylic acids is 2. The topological polar surface area (TPSA) is 83.6 Å². The molecule has 2 aromatic rings. The van der Waals surface area contributed by atoms with Gasteiger partial charge < -0.3 is 5.32 Å². The molecule has 1 N–H and O–H groups in total. The van der Waals surface area contributed by atoms with E-state index in [1.807, 2.05) is 13.8 Å². The van der Waals surface area contributed by atoms with Crippen molar-refractivity contribution in [2.24, 2.45) is 0 Å². The minimum atomic E-state index is -2.95. The summed E-state index contributed by atoms with van der Waals surface area (Å²) in [7, 11) is -2.95. The van der Waals surface area contributed by atoms with Crippen LogP contribution in [0.5, 0.6) is 0 Å². The first-order valence-electron chi connectivity index (χ1n) is 9.12. The lowest BCUT2D eigenvalue weighted by atomic mass is 9.76. The fourth-order valence-electron chi connectivity index (χ4n) is 3.53. The number of rotatable bonds is 4. The highest BCUT2D eigenvalue weighted by molar-refractivity contribution is 7.33. The number of nitrogens with one attached hydrogen (secondary N) is 1. The average Bonchev–Trinajstić information content (AvgIpc) is 2.62. The van der Waals surface area contributed by atoms with Gasteiger partial charge in [0.2, 0.25) is 5.91 Å². The highest BCUT2D eigenvalue weighted by Crippen LogP contribution is 2.46. The van der Waals surface area contributed by atoms with Crippen LogP contribution in [0, 0.1) is 5.82 Å². The molecule has 3 rings (SSSR count). The summed E-state index contributed by atoms with van der Waals surface area (Å²) in [6, 6.07) is 10.3. The molecule has 8 heteroatoms. The monoisotopic (exact) mass is 416 g/mol. The summed E-state index contributed by atoms with van der Waals surface area (Å²) in [6.45, 7) is 6.74. The van der Waals surface area contributed by atoms with E-state index in [4.69, 9.17) is 0 Å². The molecule has 1 aliphatic rings. The largest absolute Gasteiger partial charge is 0.341 e. The lowest BCUT2D eigenvalue weighted by molar-refractivity contribution is -0.120. The summed E-state index contributed by atoms with van der Waals surface area (Å²) >= 11 is 0. The van der Waals surface area contributed by atoms with Crippen LogP contribution in [-0.4, -0.2) is 17.1 Å². The molecule has 0 aliphatic carbocycles. The number of carbonyl (C=O) groups is 2. The summed E-state index contributed by atoms with van der Waals surface area (Å²) in [5.74, 6) is -1.18. The molecule has 0 atom stereocenters. The Balaban J connectivity index is 2.06. The first-order valence-corrected chi connectivity index (χ1v) is 10.3. The Morgan fingerprint density at radius 1 is 1.14 bits per heavy atom. The van der Waals surface area contributed by atoms with Crippen molar-refractivity contribution >= 4 is 30.9 Å². The van der Waals surface area contributed by atoms with Crippen LogP contribution in [0.3, 0.4) is 0 Å². The molecule has 0 spiro atoms. The fourth-order valence-corrected chi connectivity index (χ4v) is 3.92. The average molecular weight is 416 g/mol. The zero-order chi connectivity index (χ0) is 21.6. The highest BCUT2D eigenvalue weighted by Gasteiger charge is 2.45. The summed E-state index contributed by atoms with van der Waals surface area (Å²) in [6.07, 6.45) is 0.160. The summed E-state index contributed by atoms with van der Waals surface area (Å²) in [4.78, 5) is 26.8. The van der Waals surface area contributed by atoms with Crippen LogP contribution in [0.15, 0.2) is 42.5 Å². The first-order chi connectivity index (χ1) is 13.4. The molecule has 1 aliphatic heterocycles. The quantitative estimate of drug-likeness (QED) is 0.711. The van der Waals surface area contributed by atoms with Crippen molar-refractivity contribution in [3.8, 4) is 0 Å². The van der Waals surface area contributed by atoms with Crippen LogP contribution in [0.4, 0.5) is 15.8 Å². The molecule has 0 fully saturated rings. The Hall–Kier alpha value is -2.79. The predicted molar refractivity (Wildman–Crippen MR) is 108 cm³/mol. The van der Waals surface area contributed by atoms with Crippen molar-refractivity contribution in [2.75, 3.05) is 10.2 Å². The third-order valence-electron chi connectivity index (χ3n) is 5.17. The van der Waals surface area contributed by atoms with Gasteiger partial charge in [0.1, 0.15) is 5.82 Å². The van der Waals surface area contributed by atoms with Gasteiger partial charge in [0.05, 0.1) is 0 Å². The van der Waals surface area contributed by atoms with Crippen LogP contribution >= 0.6 is 7.68 Å². The zero-order valence-corrected chi connectivity index (χ0v) is 17.5. The SMILES string of the molecule is CC1(C)CC(=O)N(C(C)(C)P(=O)=O)c2cc(C(=O)Nc3ccc(F)cc3)ccc21. The van der Waals surface area contributed by atoms with Gasteiger partial charge in [-0.1, -0.05) is 19.9 Å². The summed E-state index contributed by atoms with van der Waals surface area (Å²) < 4.78 is 36.8. The Bertz CT molecular complexity index is 1050. The molecule has 0 saturated heterocycles. The lowest BCUT2D eigenvalue weighted by Gasteiger charge is -2.43. The number of benzene rings is 2. The van der Waals surface area contributed by atoms with E-state index in [0.717, 1.165) is 5.56 Å². The standard InChI is InChI=1S/C21H22FN2O4P/c1-20(2)12-18(25)24(21(3,4)29(27)28)17-11-13(5-10-16(17)20)19(26)23-15-8-6-14(22)7-9-15/h5-11H,12H2,1-4H3,(H,23,26). The minimum absolute atomic E-state index is 0.160. The van der Waals surface area contributed by atoms with E-state index < -0.39 is 30.1 Å². The van der Waals surface area contributed by atoms with Gasteiger partial charge >= 0.3 is 7.68 Å². The number of nitrogens with zero attached hydrogens (tertiary/aromatic N) is 1. The third-order valence-corrected chi connectivity index (χ3v) is 6.26. The molecule has 0 saturated carbocycles. The molecular weight excluding hydrogens is 394 g/mol. The molecule has 0 bridgehead atoms. The summed E-state index contributed by atoms with van der Waals surface area (Å²) in [5.41, 5.74) is 1.38. The molecule has 6 nitrogen and oxygen atoms in total. The zero-order valence-electron chi connectivity index (χ0n) is 16.7. The minimum Gasteiger partial charge on any atom is -0.322 e. The first kappa shape index (κ1) is 20.9. The van der Waals surface area contributed by atoms with Crippen LogP contribution in [0.2, 0.25) is 0 Å². The number of fused-ring (bicyclic) bond motifs is 1. The molecule has 0 unspecified atom stereocenters. The molecule has 2 aromatic carbocycles. The lowest BCUT2D eigenvalue weighted by Crippen LogP contribution is -2.50. The van der Waals surface area contributed by atoms with Crippen LogP contribution in [-0.2, 0) is 19.3 Å². The van der Waals surface area contributed by atoms with E-state index in [1.54, 1.807) is 12.1 Å². The van der Waals surface area contributed by atoms with E-state index >= 15 is 0 Å². The van der Waals surface area contributed by atoms with Crippen molar-refractivity contribution in [2.45, 2.75) is 44.8 Å². The Labute approximate surface area is 168 Å². The van der Waals surface area contributed by atoms with E-state index in [-0.39, 0.29) is 17.9 Å². The molecular formula is C21H22FN2O4P. The van der Waals surface area contributed by atoms with Crippen molar-refractivity contribution < 1.29 is 23.1 Å². The second kappa shape index (κ2) is 7.23. The van der Waals surface area contributed by atoms with Crippen molar-refractivity contribution in [3.63, 3.8) is 0 Å². The van der Waals surface area contributed by atoms with Gasteiger partial charge in [-0.25, -0.2) is 13.5 Å². The second-order valence-corrected chi connectivity index (χ2v) is 9.84. The van der Waals surface area contributed by atoms with Crippen molar-refractivity contribution in [1.82, 2.24) is 0 Å². The predicted octanol–water partition coefficient (Wildman–Crippen LogP) is 5.00. The smallest absolute Gasteiger partial charge is 0.322 e. The van der Waals surface area contributed by atoms with Gasteiger partial charge in [-0.2, -0.15) is 0 Å². The number of hydrogen-bond donors (Lipinski definition) is 1. The maximum Gasteiger partial charge on any atom is 0.341 e. The van der Waals surface area contributed by atoms with Gasteiger partial charge in [-0.05, 0) is 55.8 Å². The molecule has 29 heavy (non-hydrogen) atoms. The normalized spacial score (nSPS) is 15.6. The molecule has 152 valence electrons. The van der Waals surface area contributed by atoms with Crippen molar-refractivity contribution in [3.05, 3.63) is 59.4 Å². The van der Waals surface area contributed by atoms with E-state index in [0.29, 0.717) is 11.4 Å². The Morgan fingerprint density at radius 3 is 2.34 bits per heavy atom. The maximum absolute atomic E-state index is 13.1. The Kier molecular flexibility index (Phi) is 5.22. The number of anilines is 2. The van der Waals surface area contributed by atoms with E-state index in [2.05, 4.69) is 5.32 Å². The second-order valence-electron chi connectivity index (χ2n) is 8.23. The number of halogens is 1. The van der Waals surface area contributed by atoms with Gasteiger partial charge in [0.25, 0.3) is 5.91 Å². The van der Waals surface area contributed by atoms with Crippen LogP contribution in [0.25, 0.3) is 0 Å². The highest BCUT2D eigenvalue weighted by atomic mass is 31.1. The van der Waals surface area contributed by atoms with Gasteiger partial charge in [0, 0.05) is 28.8 Å². The van der Waals surface area contributed by atoms with Gasteiger partial charge in [0.15, 0.2) is 5.28 Å². The molecule has 0 radical (unpaired) electrons. The van der Waals surface area contributed by atoms with Gasteiger partial charge in [-0.3, -0.25) is 14.5 Å². The fraction of sp³-hybridized carbons (Fsp3) is 0.333. The number of amides is 2. The van der Waals surface area contributed by atoms with E-state index in [1.165, 1.54) is 49.1 Å². The molecule has 2 amide bonds. The number of hydrogen-bond acceptors (Lipinski definition) is 4. The van der Waals surface area contributed by atoms with Crippen LogP contribution in [0.1, 0.15) is 50.0 Å². The Morgan fingerprint density at radius 2 is 1.76 bits per heavy atom.